The molecule has 0 atom stereocenters. The van der Waals surface area contributed by atoms with E-state index in [-0.39, 0.29) is 11.9 Å². The van der Waals surface area contributed by atoms with Crippen LogP contribution in [0.4, 0.5) is 0 Å². The zero-order valence-electron chi connectivity index (χ0n) is 12.9. The number of rotatable bonds is 5. The number of hydrogen-bond acceptors (Lipinski definition) is 4. The van der Waals surface area contributed by atoms with E-state index < -0.39 is 0 Å². The first-order valence-corrected chi connectivity index (χ1v) is 7.74. The van der Waals surface area contributed by atoms with Gasteiger partial charge in [-0.3, -0.25) is 9.69 Å². The van der Waals surface area contributed by atoms with Crippen molar-refractivity contribution in [2.75, 3.05) is 39.8 Å². The van der Waals surface area contributed by atoms with Crippen LogP contribution < -0.4 is 4.74 Å². The minimum Gasteiger partial charge on any atom is -0.489 e. The Bertz CT molecular complexity index is 497. The van der Waals surface area contributed by atoms with Gasteiger partial charge in [0.15, 0.2) is 5.78 Å². The van der Waals surface area contributed by atoms with Gasteiger partial charge in [0.05, 0.1) is 17.7 Å². The number of piperazine rings is 1. The maximum absolute atomic E-state index is 12.3. The van der Waals surface area contributed by atoms with E-state index in [9.17, 15) is 4.79 Å². The summed E-state index contributed by atoms with van der Waals surface area (Å²) in [6.45, 7) is 8.24. The zero-order valence-corrected chi connectivity index (χ0v) is 13.7. The van der Waals surface area contributed by atoms with Crippen molar-refractivity contribution in [3.05, 3.63) is 28.8 Å². The first kappa shape index (κ1) is 16.3. The molecule has 0 bridgehead atoms. The largest absolute Gasteiger partial charge is 0.489 e. The average molecular weight is 311 g/mol. The predicted molar refractivity (Wildman–Crippen MR) is 85.5 cm³/mol. The number of carbonyl (C=O) groups is 1. The molecule has 2 rings (SSSR count). The van der Waals surface area contributed by atoms with Crippen molar-refractivity contribution >= 4 is 17.4 Å². The quantitative estimate of drug-likeness (QED) is 0.783. The van der Waals surface area contributed by atoms with E-state index in [0.717, 1.165) is 26.2 Å². The van der Waals surface area contributed by atoms with Crippen molar-refractivity contribution in [1.82, 2.24) is 9.80 Å². The van der Waals surface area contributed by atoms with Gasteiger partial charge in [-0.05, 0) is 39.1 Å². The van der Waals surface area contributed by atoms with Crippen molar-refractivity contribution in [2.45, 2.75) is 20.0 Å². The van der Waals surface area contributed by atoms with Crippen LogP contribution in [0.25, 0.3) is 0 Å². The molecule has 1 saturated heterocycles. The van der Waals surface area contributed by atoms with Crippen molar-refractivity contribution < 1.29 is 9.53 Å². The van der Waals surface area contributed by atoms with Gasteiger partial charge in [0.25, 0.3) is 0 Å². The van der Waals surface area contributed by atoms with E-state index in [4.69, 9.17) is 16.3 Å². The van der Waals surface area contributed by atoms with Crippen LogP contribution >= 0.6 is 11.6 Å². The summed E-state index contributed by atoms with van der Waals surface area (Å²) < 4.78 is 5.58. The van der Waals surface area contributed by atoms with Gasteiger partial charge in [-0.2, -0.15) is 0 Å². The second-order valence-corrected chi connectivity index (χ2v) is 6.22. The Balaban J connectivity index is 1.98. The minimum atomic E-state index is 0.0643. The summed E-state index contributed by atoms with van der Waals surface area (Å²) in [6, 6.07) is 5.28. The Morgan fingerprint density at radius 3 is 2.52 bits per heavy atom. The van der Waals surface area contributed by atoms with Gasteiger partial charge in [-0.25, -0.2) is 0 Å². The number of ether oxygens (including phenoxy) is 1. The molecule has 1 aliphatic heterocycles. The van der Waals surface area contributed by atoms with Crippen molar-refractivity contribution in [3.8, 4) is 5.75 Å². The lowest BCUT2D eigenvalue weighted by molar-refractivity contribution is 0.0876. The summed E-state index contributed by atoms with van der Waals surface area (Å²) in [7, 11) is 2.10. The van der Waals surface area contributed by atoms with Crippen LogP contribution in [0, 0.1) is 0 Å². The molecule has 1 fully saturated rings. The van der Waals surface area contributed by atoms with E-state index in [2.05, 4.69) is 16.8 Å². The maximum Gasteiger partial charge on any atom is 0.176 e. The first-order valence-electron chi connectivity index (χ1n) is 7.36. The summed E-state index contributed by atoms with van der Waals surface area (Å²) in [4.78, 5) is 16.8. The fraction of sp³-hybridized carbons (Fsp3) is 0.562. The number of hydrogen-bond donors (Lipinski definition) is 0. The molecule has 0 amide bonds. The summed E-state index contributed by atoms with van der Waals surface area (Å²) in [5.41, 5.74) is 0.648. The summed E-state index contributed by atoms with van der Waals surface area (Å²) in [6.07, 6.45) is 0.0643. The fourth-order valence-electron chi connectivity index (χ4n) is 2.32. The molecule has 4 nitrogen and oxygen atoms in total. The summed E-state index contributed by atoms with van der Waals surface area (Å²) in [5, 5.41) is 0.493. The molecule has 1 heterocycles. The van der Waals surface area contributed by atoms with Gasteiger partial charge in [-0.1, -0.05) is 11.6 Å². The van der Waals surface area contributed by atoms with Crippen LogP contribution in [0.2, 0.25) is 5.02 Å². The highest BCUT2D eigenvalue weighted by atomic mass is 35.5. The van der Waals surface area contributed by atoms with Crippen LogP contribution in [0.3, 0.4) is 0 Å². The standard InChI is InChI=1S/C16H23ClN2O2/c1-12(2)21-16-5-4-13(10-14(16)17)15(20)11-19-8-6-18(3)7-9-19/h4-5,10,12H,6-9,11H2,1-3H3. The first-order chi connectivity index (χ1) is 9.95. The molecule has 0 N–H and O–H groups in total. The van der Waals surface area contributed by atoms with Crippen LogP contribution in [0.5, 0.6) is 5.75 Å². The third-order valence-electron chi connectivity index (χ3n) is 3.58. The van der Waals surface area contributed by atoms with Crippen molar-refractivity contribution in [3.63, 3.8) is 0 Å². The van der Waals surface area contributed by atoms with Crippen LogP contribution in [0.1, 0.15) is 24.2 Å². The SMILES string of the molecule is CC(C)Oc1ccc(C(=O)CN2CCN(C)CC2)cc1Cl. The van der Waals surface area contributed by atoms with Gasteiger partial charge in [0.1, 0.15) is 5.75 Å². The Hall–Kier alpha value is -1.10. The molecule has 0 spiro atoms. The van der Waals surface area contributed by atoms with E-state index in [1.807, 2.05) is 13.8 Å². The van der Waals surface area contributed by atoms with E-state index in [0.29, 0.717) is 22.9 Å². The summed E-state index contributed by atoms with van der Waals surface area (Å²) >= 11 is 6.18. The number of Topliss-reactive ketones (excluding diaryl/α,β-unsaturated/α-hetero) is 1. The van der Waals surface area contributed by atoms with E-state index >= 15 is 0 Å². The van der Waals surface area contributed by atoms with E-state index in [1.54, 1.807) is 18.2 Å². The van der Waals surface area contributed by atoms with Crippen molar-refractivity contribution in [2.24, 2.45) is 0 Å². The van der Waals surface area contributed by atoms with Gasteiger partial charge >= 0.3 is 0 Å². The number of halogens is 1. The smallest absolute Gasteiger partial charge is 0.176 e. The molecule has 5 heteroatoms. The number of nitrogens with zero attached hydrogens (tertiary/aromatic N) is 2. The van der Waals surface area contributed by atoms with Crippen molar-refractivity contribution in [1.29, 1.82) is 0 Å². The lowest BCUT2D eigenvalue weighted by atomic mass is 10.1. The van der Waals surface area contributed by atoms with Gasteiger partial charge in [0.2, 0.25) is 0 Å². The highest BCUT2D eigenvalue weighted by Gasteiger charge is 2.18. The maximum atomic E-state index is 12.3. The molecule has 0 aliphatic carbocycles. The Morgan fingerprint density at radius 1 is 1.29 bits per heavy atom. The third-order valence-corrected chi connectivity index (χ3v) is 3.88. The molecule has 1 aromatic carbocycles. The Kier molecular flexibility index (Phi) is 5.62. The predicted octanol–water partition coefficient (Wildman–Crippen LogP) is 2.56. The monoisotopic (exact) mass is 310 g/mol. The topological polar surface area (TPSA) is 32.8 Å². The number of carbonyl (C=O) groups excluding carboxylic acids is 1. The molecule has 21 heavy (non-hydrogen) atoms. The number of benzene rings is 1. The third kappa shape index (κ3) is 4.70. The molecule has 0 aromatic heterocycles. The highest BCUT2D eigenvalue weighted by Crippen LogP contribution is 2.26. The lowest BCUT2D eigenvalue weighted by Crippen LogP contribution is -2.46. The van der Waals surface area contributed by atoms with Crippen LogP contribution in [0.15, 0.2) is 18.2 Å². The number of ketones is 1. The average Bonchev–Trinajstić information content (AvgIpc) is 2.43. The molecule has 1 aliphatic rings. The van der Waals surface area contributed by atoms with Gasteiger partial charge in [0, 0.05) is 31.7 Å². The second kappa shape index (κ2) is 7.25. The normalized spacial score (nSPS) is 17.2. The Labute approximate surface area is 131 Å². The fourth-order valence-corrected chi connectivity index (χ4v) is 2.55. The number of likely N-dealkylation sites (N-methyl/N-ethyl adjacent to an activating group) is 1. The molecular formula is C16H23ClN2O2. The Morgan fingerprint density at radius 2 is 1.95 bits per heavy atom. The lowest BCUT2D eigenvalue weighted by Gasteiger charge is -2.31. The molecule has 116 valence electrons. The van der Waals surface area contributed by atoms with Crippen LogP contribution in [-0.2, 0) is 0 Å². The zero-order chi connectivity index (χ0) is 15.4. The van der Waals surface area contributed by atoms with Gasteiger partial charge < -0.3 is 9.64 Å². The van der Waals surface area contributed by atoms with Gasteiger partial charge in [-0.15, -0.1) is 0 Å². The molecule has 0 saturated carbocycles. The summed E-state index contributed by atoms with van der Waals surface area (Å²) in [5.74, 6) is 0.736. The second-order valence-electron chi connectivity index (χ2n) is 5.81. The molecule has 0 unspecified atom stereocenters. The molecular weight excluding hydrogens is 288 g/mol. The molecule has 0 radical (unpaired) electrons. The highest BCUT2D eigenvalue weighted by molar-refractivity contribution is 6.32. The minimum absolute atomic E-state index is 0.0643. The molecule has 1 aromatic rings. The van der Waals surface area contributed by atoms with Crippen LogP contribution in [-0.4, -0.2) is 61.5 Å². The van der Waals surface area contributed by atoms with E-state index in [1.165, 1.54) is 0 Å².